The molecule has 0 radical (unpaired) electrons. The molecule has 0 saturated carbocycles. The third-order valence-electron chi connectivity index (χ3n) is 4.98. The standard InChI is InChI=1S/C18H22N5O7P/c24-7-12(11-4-2-1-3-5-11)22-17-16-18(20-9-19-17)23(10-21-16)15-6-13(25)14(30-15)8-29-31(26,27)28/h1-5,9-10,12-15,24-25H,6-8H2,(H,19,20,22)(H2,26,27,28)/t12-,13-,14+,15+/m0/s1. The van der Waals surface area contributed by atoms with Gasteiger partial charge in [0.1, 0.15) is 18.7 Å². The highest BCUT2D eigenvalue weighted by Crippen LogP contribution is 2.38. The van der Waals surface area contributed by atoms with Gasteiger partial charge in [-0.25, -0.2) is 19.5 Å². The van der Waals surface area contributed by atoms with Gasteiger partial charge in [-0.15, -0.1) is 0 Å². The minimum atomic E-state index is -4.67. The monoisotopic (exact) mass is 451 g/mol. The van der Waals surface area contributed by atoms with Gasteiger partial charge < -0.3 is 30.1 Å². The maximum absolute atomic E-state index is 10.9. The summed E-state index contributed by atoms with van der Waals surface area (Å²) in [7, 11) is -4.67. The predicted molar refractivity (Wildman–Crippen MR) is 108 cm³/mol. The molecule has 1 saturated heterocycles. The molecule has 0 aliphatic carbocycles. The Balaban J connectivity index is 1.54. The van der Waals surface area contributed by atoms with Gasteiger partial charge in [0.25, 0.3) is 0 Å². The Morgan fingerprint density at radius 3 is 2.74 bits per heavy atom. The lowest BCUT2D eigenvalue weighted by Crippen LogP contribution is -2.25. The van der Waals surface area contributed by atoms with E-state index < -0.39 is 38.9 Å². The molecule has 4 atom stereocenters. The molecule has 1 aromatic carbocycles. The van der Waals surface area contributed by atoms with E-state index in [0.29, 0.717) is 17.0 Å². The van der Waals surface area contributed by atoms with Crippen LogP contribution in [0.4, 0.5) is 5.82 Å². The van der Waals surface area contributed by atoms with Crippen LogP contribution in [0.15, 0.2) is 43.0 Å². The summed E-state index contributed by atoms with van der Waals surface area (Å²) in [5, 5.41) is 23.2. The van der Waals surface area contributed by atoms with Gasteiger partial charge in [0, 0.05) is 6.42 Å². The van der Waals surface area contributed by atoms with Gasteiger partial charge in [-0.05, 0) is 5.56 Å². The van der Waals surface area contributed by atoms with Crippen LogP contribution in [0.1, 0.15) is 24.3 Å². The van der Waals surface area contributed by atoms with E-state index in [-0.39, 0.29) is 13.0 Å². The van der Waals surface area contributed by atoms with E-state index in [1.807, 2.05) is 30.3 Å². The summed E-state index contributed by atoms with van der Waals surface area (Å²) in [5.74, 6) is 0.423. The zero-order valence-corrected chi connectivity index (χ0v) is 17.1. The van der Waals surface area contributed by atoms with Gasteiger partial charge in [0.05, 0.1) is 31.7 Å². The third kappa shape index (κ3) is 4.91. The van der Waals surface area contributed by atoms with Crippen LogP contribution in [0.5, 0.6) is 0 Å². The molecule has 3 heterocycles. The Kier molecular flexibility index (Phi) is 6.30. The lowest BCUT2D eigenvalue weighted by molar-refractivity contribution is -0.0424. The van der Waals surface area contributed by atoms with Crippen molar-refractivity contribution >= 4 is 24.8 Å². The summed E-state index contributed by atoms with van der Waals surface area (Å²) < 4.78 is 22.7. The van der Waals surface area contributed by atoms with Crippen molar-refractivity contribution in [3.63, 3.8) is 0 Å². The molecule has 13 heteroatoms. The van der Waals surface area contributed by atoms with Gasteiger partial charge in [-0.2, -0.15) is 0 Å². The van der Waals surface area contributed by atoms with Crippen molar-refractivity contribution in [2.24, 2.45) is 0 Å². The number of nitrogens with zero attached hydrogens (tertiary/aromatic N) is 4. The van der Waals surface area contributed by atoms with Gasteiger partial charge in [-0.3, -0.25) is 9.09 Å². The first-order chi connectivity index (χ1) is 14.9. The first kappa shape index (κ1) is 21.8. The number of nitrogens with one attached hydrogen (secondary N) is 1. The molecule has 31 heavy (non-hydrogen) atoms. The molecular weight excluding hydrogens is 429 g/mol. The number of phosphoric acid groups is 1. The first-order valence-corrected chi connectivity index (χ1v) is 11.0. The number of aromatic nitrogens is 4. The van der Waals surface area contributed by atoms with Crippen LogP contribution < -0.4 is 5.32 Å². The molecule has 1 aliphatic heterocycles. The quantitative estimate of drug-likeness (QED) is 0.306. The predicted octanol–water partition coefficient (Wildman–Crippen LogP) is 0.729. The average Bonchev–Trinajstić information content (AvgIpc) is 3.34. The summed E-state index contributed by atoms with van der Waals surface area (Å²) in [4.78, 5) is 30.6. The Bertz CT molecular complexity index is 1080. The Morgan fingerprint density at radius 1 is 1.26 bits per heavy atom. The summed E-state index contributed by atoms with van der Waals surface area (Å²) in [6.45, 7) is -0.610. The molecule has 1 fully saturated rings. The van der Waals surface area contributed by atoms with Crippen LogP contribution in [0.25, 0.3) is 11.2 Å². The van der Waals surface area contributed by atoms with Crippen molar-refractivity contribution < 1.29 is 33.8 Å². The fourth-order valence-corrected chi connectivity index (χ4v) is 3.80. The number of benzene rings is 1. The smallest absolute Gasteiger partial charge is 0.394 e. The highest BCUT2D eigenvalue weighted by atomic mass is 31.2. The van der Waals surface area contributed by atoms with E-state index in [2.05, 4.69) is 24.8 Å². The van der Waals surface area contributed by atoms with Crippen molar-refractivity contribution in [3.05, 3.63) is 48.5 Å². The molecule has 12 nitrogen and oxygen atoms in total. The van der Waals surface area contributed by atoms with Crippen molar-refractivity contribution in [2.45, 2.75) is 30.9 Å². The lowest BCUT2D eigenvalue weighted by atomic mass is 10.1. The fraction of sp³-hybridized carbons (Fsp3) is 0.389. The second-order valence-corrected chi connectivity index (χ2v) is 8.29. The van der Waals surface area contributed by atoms with Crippen LogP contribution >= 0.6 is 7.82 Å². The van der Waals surface area contributed by atoms with E-state index in [1.165, 1.54) is 12.7 Å². The SMILES string of the molecule is O=P(O)(O)OC[C@H]1O[C@@H](n2cnc3c(N[C@@H](CO)c4ccccc4)ncnc32)C[C@@H]1O. The van der Waals surface area contributed by atoms with Gasteiger partial charge >= 0.3 is 7.82 Å². The number of rotatable bonds is 8. The van der Waals surface area contributed by atoms with Crippen LogP contribution in [-0.2, 0) is 13.8 Å². The molecule has 0 amide bonds. The minimum Gasteiger partial charge on any atom is -0.394 e. The lowest BCUT2D eigenvalue weighted by Gasteiger charge is -2.18. The number of imidazole rings is 1. The summed E-state index contributed by atoms with van der Waals surface area (Å²) in [6.07, 6.45) is 0.455. The number of aliphatic hydroxyl groups excluding tert-OH is 2. The number of phosphoric ester groups is 1. The fourth-order valence-electron chi connectivity index (χ4n) is 3.46. The van der Waals surface area contributed by atoms with Gasteiger partial charge in [-0.1, -0.05) is 30.3 Å². The molecule has 2 aromatic heterocycles. The number of hydrogen-bond acceptors (Lipinski definition) is 9. The Morgan fingerprint density at radius 2 is 2.03 bits per heavy atom. The number of anilines is 1. The van der Waals surface area contributed by atoms with Crippen molar-refractivity contribution in [3.8, 4) is 0 Å². The molecule has 0 spiro atoms. The molecule has 0 bridgehead atoms. The van der Waals surface area contributed by atoms with Gasteiger partial charge in [0.2, 0.25) is 0 Å². The largest absolute Gasteiger partial charge is 0.469 e. The maximum atomic E-state index is 10.9. The third-order valence-corrected chi connectivity index (χ3v) is 5.46. The zero-order valence-electron chi connectivity index (χ0n) is 16.2. The van der Waals surface area contributed by atoms with Crippen LogP contribution in [0.3, 0.4) is 0 Å². The topological polar surface area (TPSA) is 172 Å². The Hall–Kier alpha value is -2.44. The highest BCUT2D eigenvalue weighted by Gasteiger charge is 2.37. The molecule has 3 aromatic rings. The molecular formula is C18H22N5O7P. The zero-order chi connectivity index (χ0) is 22.0. The number of ether oxygens (including phenoxy) is 1. The summed E-state index contributed by atoms with van der Waals surface area (Å²) in [5.41, 5.74) is 1.77. The Labute approximate surface area is 176 Å². The van der Waals surface area contributed by atoms with Crippen molar-refractivity contribution in [2.75, 3.05) is 18.5 Å². The molecule has 4 rings (SSSR count). The number of aliphatic hydroxyl groups is 2. The molecule has 1 aliphatic rings. The van der Waals surface area contributed by atoms with Crippen LogP contribution in [0.2, 0.25) is 0 Å². The average molecular weight is 451 g/mol. The minimum absolute atomic E-state index is 0.157. The molecule has 0 unspecified atom stereocenters. The van der Waals surface area contributed by atoms with Crippen molar-refractivity contribution in [1.29, 1.82) is 0 Å². The van der Waals surface area contributed by atoms with E-state index in [4.69, 9.17) is 14.5 Å². The number of hydrogen-bond donors (Lipinski definition) is 5. The highest BCUT2D eigenvalue weighted by molar-refractivity contribution is 7.46. The molecule has 5 N–H and O–H groups in total. The second kappa shape index (κ2) is 8.97. The van der Waals surface area contributed by atoms with Crippen molar-refractivity contribution in [1.82, 2.24) is 19.5 Å². The van der Waals surface area contributed by atoms with E-state index in [1.54, 1.807) is 4.57 Å². The second-order valence-electron chi connectivity index (χ2n) is 7.06. The number of fused-ring (bicyclic) bond motifs is 1. The van der Waals surface area contributed by atoms with E-state index >= 15 is 0 Å². The van der Waals surface area contributed by atoms with Gasteiger partial charge in [0.15, 0.2) is 17.0 Å². The van der Waals surface area contributed by atoms with E-state index in [0.717, 1.165) is 5.56 Å². The van der Waals surface area contributed by atoms with Crippen LogP contribution in [0, 0.1) is 0 Å². The van der Waals surface area contributed by atoms with Crippen LogP contribution in [-0.4, -0.2) is 64.9 Å². The summed E-state index contributed by atoms with van der Waals surface area (Å²) >= 11 is 0. The maximum Gasteiger partial charge on any atom is 0.469 e. The normalized spacial score (nSPS) is 22.6. The summed E-state index contributed by atoms with van der Waals surface area (Å²) in [6, 6.07) is 9.01. The molecule has 166 valence electrons. The first-order valence-electron chi connectivity index (χ1n) is 9.49. The van der Waals surface area contributed by atoms with E-state index in [9.17, 15) is 14.8 Å².